The number of carbonyl (C=O) groups is 1. The number of carboxylic acid groups (broad SMARTS) is 1. The Bertz CT molecular complexity index is 1210. The molecular formula is C22H18FN3O4. The number of hydrogen-bond acceptors (Lipinski definition) is 5. The van der Waals surface area contributed by atoms with Crippen molar-refractivity contribution in [2.24, 2.45) is 0 Å². The van der Waals surface area contributed by atoms with Crippen LogP contribution in [0.3, 0.4) is 0 Å². The van der Waals surface area contributed by atoms with E-state index in [1.165, 1.54) is 12.4 Å². The molecule has 0 spiro atoms. The fourth-order valence-electron chi connectivity index (χ4n) is 3.18. The largest absolute Gasteiger partial charge is 0.478 e. The number of ether oxygens (including phenoxy) is 2. The molecule has 4 aromatic rings. The van der Waals surface area contributed by atoms with Crippen LogP contribution in [0.2, 0.25) is 0 Å². The topological polar surface area (TPSA) is 97.3 Å². The van der Waals surface area contributed by atoms with Crippen LogP contribution in [0, 0.1) is 12.7 Å². The maximum Gasteiger partial charge on any atom is 0.338 e. The number of halogens is 1. The van der Waals surface area contributed by atoms with Gasteiger partial charge in [-0.2, -0.15) is 0 Å². The van der Waals surface area contributed by atoms with Crippen LogP contribution < -0.4 is 4.74 Å². The monoisotopic (exact) mass is 407 g/mol. The van der Waals surface area contributed by atoms with Gasteiger partial charge in [-0.25, -0.2) is 19.2 Å². The number of fused-ring (bicyclic) bond motifs is 1. The molecule has 0 saturated carbocycles. The average molecular weight is 407 g/mol. The van der Waals surface area contributed by atoms with Crippen molar-refractivity contribution in [3.8, 4) is 11.6 Å². The van der Waals surface area contributed by atoms with Gasteiger partial charge in [-0.1, -0.05) is 30.3 Å². The number of aromatic carboxylic acids is 1. The van der Waals surface area contributed by atoms with Gasteiger partial charge in [0.25, 0.3) is 0 Å². The number of aryl methyl sites for hydroxylation is 1. The van der Waals surface area contributed by atoms with Crippen molar-refractivity contribution < 1.29 is 23.8 Å². The molecule has 0 fully saturated rings. The van der Waals surface area contributed by atoms with Crippen LogP contribution in [0.25, 0.3) is 10.9 Å². The van der Waals surface area contributed by atoms with Gasteiger partial charge in [-0.05, 0) is 24.6 Å². The average Bonchev–Trinajstić information content (AvgIpc) is 3.08. The highest BCUT2D eigenvalue weighted by atomic mass is 19.1. The van der Waals surface area contributed by atoms with Crippen molar-refractivity contribution in [3.05, 3.63) is 83.2 Å². The van der Waals surface area contributed by atoms with Gasteiger partial charge in [0.1, 0.15) is 6.33 Å². The van der Waals surface area contributed by atoms with E-state index in [1.807, 2.05) is 30.3 Å². The number of benzene rings is 2. The molecule has 2 heterocycles. The third kappa shape index (κ3) is 3.99. The molecule has 2 aromatic heterocycles. The second kappa shape index (κ2) is 8.30. The number of nitrogens with one attached hydrogen (secondary N) is 1. The first-order valence-corrected chi connectivity index (χ1v) is 9.17. The number of aromatic nitrogens is 3. The fraction of sp³-hybridized carbons (Fsp3) is 0.136. The first-order valence-electron chi connectivity index (χ1n) is 9.17. The Balaban J connectivity index is 1.52. The Labute approximate surface area is 171 Å². The van der Waals surface area contributed by atoms with E-state index in [1.54, 1.807) is 19.1 Å². The van der Waals surface area contributed by atoms with E-state index < -0.39 is 11.8 Å². The summed E-state index contributed by atoms with van der Waals surface area (Å²) in [7, 11) is 0. The van der Waals surface area contributed by atoms with Crippen LogP contribution in [0.15, 0.2) is 54.9 Å². The van der Waals surface area contributed by atoms with Crippen molar-refractivity contribution in [1.82, 2.24) is 15.0 Å². The zero-order valence-electron chi connectivity index (χ0n) is 16.1. The van der Waals surface area contributed by atoms with Gasteiger partial charge >= 0.3 is 5.97 Å². The number of rotatable bonds is 7. The minimum absolute atomic E-state index is 0.0297. The molecule has 0 amide bonds. The number of nitrogens with zero attached hydrogens (tertiary/aromatic N) is 2. The van der Waals surface area contributed by atoms with Crippen molar-refractivity contribution in [2.45, 2.75) is 20.1 Å². The third-order valence-corrected chi connectivity index (χ3v) is 4.54. The van der Waals surface area contributed by atoms with E-state index in [0.717, 1.165) is 5.56 Å². The molecule has 0 aliphatic carbocycles. The zero-order chi connectivity index (χ0) is 21.1. The SMILES string of the molecule is Cc1[nH]c2ccc(Oc3cc(COCc4ccccc4)ncn3)c(F)c2c1C(=O)O. The molecular weight excluding hydrogens is 389 g/mol. The molecule has 30 heavy (non-hydrogen) atoms. The van der Waals surface area contributed by atoms with Gasteiger partial charge in [-0.15, -0.1) is 0 Å². The summed E-state index contributed by atoms with van der Waals surface area (Å²) in [4.78, 5) is 22.5. The molecule has 2 N–H and O–H groups in total. The minimum Gasteiger partial charge on any atom is -0.478 e. The van der Waals surface area contributed by atoms with E-state index in [0.29, 0.717) is 23.5 Å². The molecule has 0 aliphatic rings. The fourth-order valence-corrected chi connectivity index (χ4v) is 3.18. The molecule has 0 unspecified atom stereocenters. The molecule has 0 atom stereocenters. The standard InChI is InChI=1S/C22H18FN3O4/c1-13-19(22(27)28)20-16(26-13)7-8-17(21(20)23)30-18-9-15(24-12-25-18)11-29-10-14-5-3-2-4-6-14/h2-9,12,26H,10-11H2,1H3,(H,27,28). The zero-order valence-corrected chi connectivity index (χ0v) is 16.1. The predicted octanol–water partition coefficient (Wildman–Crippen LogP) is 4.61. The third-order valence-electron chi connectivity index (χ3n) is 4.54. The summed E-state index contributed by atoms with van der Waals surface area (Å²) in [5.41, 5.74) is 2.24. The lowest BCUT2D eigenvalue weighted by Crippen LogP contribution is -2.00. The first kappa shape index (κ1) is 19.5. The maximum absolute atomic E-state index is 15.0. The molecule has 0 bridgehead atoms. The second-order valence-corrected chi connectivity index (χ2v) is 6.66. The lowest BCUT2D eigenvalue weighted by atomic mass is 10.1. The summed E-state index contributed by atoms with van der Waals surface area (Å²) >= 11 is 0. The van der Waals surface area contributed by atoms with Gasteiger partial charge in [-0.3, -0.25) is 0 Å². The van der Waals surface area contributed by atoms with Crippen LogP contribution in [0.4, 0.5) is 4.39 Å². The Morgan fingerprint density at radius 2 is 1.93 bits per heavy atom. The molecule has 8 heteroatoms. The van der Waals surface area contributed by atoms with Crippen molar-refractivity contribution >= 4 is 16.9 Å². The minimum atomic E-state index is -1.21. The highest BCUT2D eigenvalue weighted by Crippen LogP contribution is 2.33. The maximum atomic E-state index is 15.0. The highest BCUT2D eigenvalue weighted by molar-refractivity contribution is 6.05. The number of carboxylic acids is 1. The van der Waals surface area contributed by atoms with E-state index in [9.17, 15) is 9.90 Å². The Morgan fingerprint density at radius 3 is 2.70 bits per heavy atom. The lowest BCUT2D eigenvalue weighted by molar-refractivity contribution is 0.0698. The number of hydrogen-bond donors (Lipinski definition) is 2. The van der Waals surface area contributed by atoms with Gasteiger partial charge in [0.05, 0.1) is 29.9 Å². The van der Waals surface area contributed by atoms with E-state index in [-0.39, 0.29) is 29.2 Å². The molecule has 0 saturated heterocycles. The van der Waals surface area contributed by atoms with Crippen LogP contribution in [0.1, 0.15) is 27.3 Å². The predicted molar refractivity (Wildman–Crippen MR) is 107 cm³/mol. The summed E-state index contributed by atoms with van der Waals surface area (Å²) in [6, 6.07) is 14.3. The molecule has 0 aliphatic heterocycles. The summed E-state index contributed by atoms with van der Waals surface area (Å²) < 4.78 is 26.2. The lowest BCUT2D eigenvalue weighted by Gasteiger charge is -2.08. The smallest absolute Gasteiger partial charge is 0.338 e. The normalized spacial score (nSPS) is 11.0. The summed E-state index contributed by atoms with van der Waals surface area (Å²) in [6.45, 7) is 2.24. The Kier molecular flexibility index (Phi) is 5.40. The number of aromatic amines is 1. The number of H-pyrrole nitrogens is 1. The van der Waals surface area contributed by atoms with Gasteiger partial charge < -0.3 is 19.6 Å². The molecule has 152 valence electrons. The highest BCUT2D eigenvalue weighted by Gasteiger charge is 2.21. The second-order valence-electron chi connectivity index (χ2n) is 6.66. The summed E-state index contributed by atoms with van der Waals surface area (Å²) in [6.07, 6.45) is 1.30. The van der Waals surface area contributed by atoms with Crippen LogP contribution in [-0.4, -0.2) is 26.0 Å². The van der Waals surface area contributed by atoms with E-state index in [2.05, 4.69) is 15.0 Å². The van der Waals surface area contributed by atoms with Crippen LogP contribution in [-0.2, 0) is 18.0 Å². The Hall–Kier alpha value is -3.78. The molecule has 7 nitrogen and oxygen atoms in total. The van der Waals surface area contributed by atoms with Crippen molar-refractivity contribution in [2.75, 3.05) is 0 Å². The van der Waals surface area contributed by atoms with Crippen LogP contribution in [0.5, 0.6) is 11.6 Å². The first-order chi connectivity index (χ1) is 14.5. The van der Waals surface area contributed by atoms with Gasteiger partial charge in [0.15, 0.2) is 11.6 Å². The van der Waals surface area contributed by atoms with Gasteiger partial charge in [0, 0.05) is 17.3 Å². The Morgan fingerprint density at radius 1 is 1.13 bits per heavy atom. The quantitative estimate of drug-likeness (QED) is 0.464. The van der Waals surface area contributed by atoms with Crippen molar-refractivity contribution in [3.63, 3.8) is 0 Å². The van der Waals surface area contributed by atoms with Crippen molar-refractivity contribution in [1.29, 1.82) is 0 Å². The van der Waals surface area contributed by atoms with Crippen LogP contribution >= 0.6 is 0 Å². The van der Waals surface area contributed by atoms with E-state index in [4.69, 9.17) is 9.47 Å². The molecule has 0 radical (unpaired) electrons. The molecule has 2 aromatic carbocycles. The van der Waals surface area contributed by atoms with E-state index >= 15 is 4.39 Å². The summed E-state index contributed by atoms with van der Waals surface area (Å²) in [5.74, 6) is -1.98. The molecule has 4 rings (SSSR count). The van der Waals surface area contributed by atoms with Gasteiger partial charge in [0.2, 0.25) is 5.88 Å². The summed E-state index contributed by atoms with van der Waals surface area (Å²) in [5, 5.41) is 9.37.